The number of hydrogen-bond donors (Lipinski definition) is 0. The van der Waals surface area contributed by atoms with E-state index in [4.69, 9.17) is 0 Å². The van der Waals surface area contributed by atoms with Crippen LogP contribution in [0.15, 0.2) is 0 Å². The molecule has 92 valence electrons. The SMILES string of the molecule is CSCCC(C)N(C)CCC(C)CCBr. The van der Waals surface area contributed by atoms with Crippen LogP contribution in [-0.2, 0) is 0 Å². The van der Waals surface area contributed by atoms with Gasteiger partial charge in [0.05, 0.1) is 0 Å². The third-order valence-corrected chi connectivity index (χ3v) is 4.17. The first-order chi connectivity index (χ1) is 7.11. The smallest absolute Gasteiger partial charge is 0.00717 e. The van der Waals surface area contributed by atoms with Crippen molar-refractivity contribution in [2.75, 3.05) is 30.9 Å². The minimum absolute atomic E-state index is 0.730. The van der Waals surface area contributed by atoms with Crippen LogP contribution < -0.4 is 0 Å². The van der Waals surface area contributed by atoms with Gasteiger partial charge in [0.1, 0.15) is 0 Å². The van der Waals surface area contributed by atoms with E-state index in [1.54, 1.807) is 0 Å². The first-order valence-corrected chi connectivity index (χ1v) is 8.38. The molecule has 15 heavy (non-hydrogen) atoms. The van der Waals surface area contributed by atoms with Crippen molar-refractivity contribution in [2.45, 2.75) is 39.2 Å². The van der Waals surface area contributed by atoms with Gasteiger partial charge in [-0.05, 0) is 57.7 Å². The highest BCUT2D eigenvalue weighted by Gasteiger charge is 2.09. The molecule has 0 fully saturated rings. The lowest BCUT2D eigenvalue weighted by Crippen LogP contribution is -2.31. The topological polar surface area (TPSA) is 3.24 Å². The maximum Gasteiger partial charge on any atom is 0.00717 e. The average molecular weight is 296 g/mol. The van der Waals surface area contributed by atoms with Crippen LogP contribution in [0.2, 0.25) is 0 Å². The predicted molar refractivity (Wildman–Crippen MR) is 77.3 cm³/mol. The molecule has 0 saturated carbocycles. The van der Waals surface area contributed by atoms with E-state index < -0.39 is 0 Å². The van der Waals surface area contributed by atoms with Crippen molar-refractivity contribution in [2.24, 2.45) is 5.92 Å². The molecule has 0 saturated heterocycles. The highest BCUT2D eigenvalue weighted by Crippen LogP contribution is 2.12. The van der Waals surface area contributed by atoms with Gasteiger partial charge in [-0.25, -0.2) is 0 Å². The van der Waals surface area contributed by atoms with Gasteiger partial charge < -0.3 is 4.90 Å². The molecule has 0 spiro atoms. The molecule has 0 aromatic heterocycles. The lowest BCUT2D eigenvalue weighted by molar-refractivity contribution is 0.236. The molecule has 0 aliphatic heterocycles. The number of hydrogen-bond acceptors (Lipinski definition) is 2. The highest BCUT2D eigenvalue weighted by atomic mass is 79.9. The summed E-state index contributed by atoms with van der Waals surface area (Å²) in [6, 6.07) is 0.730. The van der Waals surface area contributed by atoms with Crippen molar-refractivity contribution in [1.82, 2.24) is 4.90 Å². The molecule has 0 aromatic rings. The zero-order valence-electron chi connectivity index (χ0n) is 10.6. The Morgan fingerprint density at radius 3 is 2.40 bits per heavy atom. The van der Waals surface area contributed by atoms with E-state index >= 15 is 0 Å². The van der Waals surface area contributed by atoms with Gasteiger partial charge >= 0.3 is 0 Å². The highest BCUT2D eigenvalue weighted by molar-refractivity contribution is 9.09. The van der Waals surface area contributed by atoms with Gasteiger partial charge in [0.2, 0.25) is 0 Å². The van der Waals surface area contributed by atoms with Gasteiger partial charge in [-0.3, -0.25) is 0 Å². The van der Waals surface area contributed by atoms with Crippen LogP contribution in [0.1, 0.15) is 33.1 Å². The molecule has 0 bridgehead atoms. The van der Waals surface area contributed by atoms with E-state index in [2.05, 4.69) is 48.0 Å². The molecule has 0 radical (unpaired) electrons. The minimum Gasteiger partial charge on any atom is -0.304 e. The Morgan fingerprint density at radius 2 is 1.87 bits per heavy atom. The van der Waals surface area contributed by atoms with Crippen molar-refractivity contribution in [3.63, 3.8) is 0 Å². The van der Waals surface area contributed by atoms with Crippen LogP contribution in [0, 0.1) is 5.92 Å². The lowest BCUT2D eigenvalue weighted by atomic mass is 10.0. The molecule has 0 aliphatic rings. The van der Waals surface area contributed by atoms with Crippen LogP contribution in [-0.4, -0.2) is 41.9 Å². The number of thioether (sulfide) groups is 1. The monoisotopic (exact) mass is 295 g/mol. The summed E-state index contributed by atoms with van der Waals surface area (Å²) in [6.45, 7) is 5.93. The van der Waals surface area contributed by atoms with E-state index in [1.807, 2.05) is 11.8 Å². The van der Waals surface area contributed by atoms with Gasteiger partial charge in [0, 0.05) is 11.4 Å². The number of rotatable bonds is 9. The van der Waals surface area contributed by atoms with Gasteiger partial charge in [-0.2, -0.15) is 11.8 Å². The average Bonchev–Trinajstić information content (AvgIpc) is 2.22. The van der Waals surface area contributed by atoms with E-state index in [-0.39, 0.29) is 0 Å². The van der Waals surface area contributed by atoms with Crippen LogP contribution in [0.4, 0.5) is 0 Å². The van der Waals surface area contributed by atoms with E-state index in [0.29, 0.717) is 0 Å². The first kappa shape index (κ1) is 15.8. The van der Waals surface area contributed by atoms with Crippen molar-refractivity contribution >= 4 is 27.7 Å². The fraction of sp³-hybridized carbons (Fsp3) is 1.00. The van der Waals surface area contributed by atoms with Gasteiger partial charge in [0.15, 0.2) is 0 Å². The third kappa shape index (κ3) is 8.58. The van der Waals surface area contributed by atoms with E-state index in [9.17, 15) is 0 Å². The summed E-state index contributed by atoms with van der Waals surface area (Å²) in [5, 5.41) is 1.14. The predicted octanol–water partition coefficient (Wildman–Crippen LogP) is 3.87. The Bertz CT molecular complexity index is 144. The summed E-state index contributed by atoms with van der Waals surface area (Å²) < 4.78 is 0. The Hall–Kier alpha value is 0.790. The maximum absolute atomic E-state index is 3.50. The molecule has 0 heterocycles. The first-order valence-electron chi connectivity index (χ1n) is 5.87. The molecule has 0 aliphatic carbocycles. The molecule has 0 N–H and O–H groups in total. The van der Waals surface area contributed by atoms with E-state index in [0.717, 1.165) is 17.3 Å². The summed E-state index contributed by atoms with van der Waals surface area (Å²) in [5.41, 5.74) is 0. The molecule has 1 nitrogen and oxygen atoms in total. The summed E-state index contributed by atoms with van der Waals surface area (Å²) in [5.74, 6) is 2.13. The molecule has 2 unspecified atom stereocenters. The van der Waals surface area contributed by atoms with Crippen LogP contribution >= 0.6 is 27.7 Å². The zero-order chi connectivity index (χ0) is 11.7. The molecular weight excluding hydrogens is 270 g/mol. The molecule has 0 amide bonds. The van der Waals surface area contributed by atoms with E-state index in [1.165, 1.54) is 31.6 Å². The largest absolute Gasteiger partial charge is 0.304 e. The molecule has 2 atom stereocenters. The summed E-state index contributed by atoms with van der Waals surface area (Å²) in [7, 11) is 2.26. The molecule has 3 heteroatoms. The number of alkyl halides is 1. The standard InChI is InChI=1S/C12H26BrNS/c1-11(5-8-13)6-9-14(3)12(2)7-10-15-4/h11-12H,5-10H2,1-4H3. The Labute approximate surface area is 109 Å². The second-order valence-corrected chi connectivity index (χ2v) is 6.26. The van der Waals surface area contributed by atoms with Crippen molar-refractivity contribution in [1.29, 1.82) is 0 Å². The van der Waals surface area contributed by atoms with Gasteiger partial charge in [-0.15, -0.1) is 0 Å². The molecule has 0 aromatic carbocycles. The summed E-state index contributed by atoms with van der Waals surface area (Å²) >= 11 is 5.45. The van der Waals surface area contributed by atoms with Gasteiger partial charge in [-0.1, -0.05) is 22.9 Å². The Morgan fingerprint density at radius 1 is 1.20 bits per heavy atom. The lowest BCUT2D eigenvalue weighted by Gasteiger charge is -2.25. The fourth-order valence-electron chi connectivity index (χ4n) is 1.48. The second-order valence-electron chi connectivity index (χ2n) is 4.48. The quantitative estimate of drug-likeness (QED) is 0.594. The van der Waals surface area contributed by atoms with Crippen LogP contribution in [0.25, 0.3) is 0 Å². The number of halogens is 1. The molecule has 0 rings (SSSR count). The Balaban J connectivity index is 3.57. The summed E-state index contributed by atoms with van der Waals surface area (Å²) in [4.78, 5) is 2.50. The second kappa shape index (κ2) is 9.98. The van der Waals surface area contributed by atoms with Gasteiger partial charge in [0.25, 0.3) is 0 Å². The van der Waals surface area contributed by atoms with Crippen LogP contribution in [0.3, 0.4) is 0 Å². The minimum atomic E-state index is 0.730. The van der Waals surface area contributed by atoms with Crippen molar-refractivity contribution in [3.05, 3.63) is 0 Å². The van der Waals surface area contributed by atoms with Crippen molar-refractivity contribution < 1.29 is 0 Å². The fourth-order valence-corrected chi connectivity index (χ4v) is 2.84. The van der Waals surface area contributed by atoms with Crippen LogP contribution in [0.5, 0.6) is 0 Å². The Kier molecular flexibility index (Phi) is 10.5. The molecular formula is C12H26BrNS. The maximum atomic E-state index is 3.50. The number of nitrogens with zero attached hydrogens (tertiary/aromatic N) is 1. The van der Waals surface area contributed by atoms with Crippen molar-refractivity contribution in [3.8, 4) is 0 Å². The third-order valence-electron chi connectivity index (χ3n) is 3.07. The normalized spacial score (nSPS) is 15.6. The zero-order valence-corrected chi connectivity index (χ0v) is 13.0. The summed E-state index contributed by atoms with van der Waals surface area (Å²) in [6.07, 6.45) is 6.12.